The van der Waals surface area contributed by atoms with E-state index < -0.39 is 52.7 Å². The minimum atomic E-state index is -0.962. The smallest absolute Gasteiger partial charge is 0.329 e. The van der Waals surface area contributed by atoms with Crippen molar-refractivity contribution in [2.24, 2.45) is 0 Å². The fourth-order valence-electron chi connectivity index (χ4n) is 7.34. The van der Waals surface area contributed by atoms with E-state index in [0.29, 0.717) is 36.7 Å². The van der Waals surface area contributed by atoms with Crippen LogP contribution in [0.15, 0.2) is 61.2 Å². The largest absolute Gasteiger partial charge is 0.493 e. The number of hydrogen-bond donors (Lipinski definition) is 2. The molecule has 23 heteroatoms. The third-order valence-corrected chi connectivity index (χ3v) is 11.0. The maximum atomic E-state index is 14.5. The average molecular weight is 1000 g/mol. The van der Waals surface area contributed by atoms with Crippen LogP contribution in [0.5, 0.6) is 23.0 Å². The summed E-state index contributed by atoms with van der Waals surface area (Å²) in [6.45, 7) is 0.865. The number of nitrogens with zero attached hydrogens (tertiary/aromatic N) is 8. The lowest BCUT2D eigenvalue weighted by Gasteiger charge is -2.29. The summed E-state index contributed by atoms with van der Waals surface area (Å²) in [6.07, 6.45) is 8.23. The Bertz CT molecular complexity index is 3100. The van der Waals surface area contributed by atoms with E-state index in [9.17, 15) is 31.9 Å². The van der Waals surface area contributed by atoms with Crippen LogP contribution in [0.3, 0.4) is 0 Å². The third-order valence-electron chi connectivity index (χ3n) is 11.0. The molecule has 6 aromatic rings. The number of benzene rings is 2. The number of anilines is 4. The highest BCUT2D eigenvalue weighted by Gasteiger charge is 2.28. The first-order chi connectivity index (χ1) is 35.3. The highest BCUT2D eigenvalue weighted by Crippen LogP contribution is 2.33. The molecule has 0 saturated heterocycles. The molecule has 19 nitrogen and oxygen atoms in total. The second-order valence-corrected chi connectivity index (χ2v) is 15.4. The molecule has 73 heavy (non-hydrogen) atoms. The van der Waals surface area contributed by atoms with Crippen LogP contribution in [0.4, 0.5) is 50.7 Å². The lowest BCUT2D eigenvalue weighted by molar-refractivity contribution is -0.108. The molecule has 0 saturated carbocycles. The predicted molar refractivity (Wildman–Crippen MR) is 255 cm³/mol. The molecule has 4 aromatic heterocycles. The Morgan fingerprint density at radius 1 is 0.589 bits per heavy atom. The van der Waals surface area contributed by atoms with Gasteiger partial charge in [0.1, 0.15) is 28.5 Å². The molecule has 0 bridgehead atoms. The van der Waals surface area contributed by atoms with Crippen molar-refractivity contribution in [1.29, 1.82) is 0 Å². The molecule has 0 aliphatic carbocycles. The minimum Gasteiger partial charge on any atom is -0.493 e. The Balaban J connectivity index is 0.000000214. The van der Waals surface area contributed by atoms with Crippen LogP contribution in [0.1, 0.15) is 68.7 Å². The molecule has 0 unspecified atom stereocenters. The molecule has 0 radical (unpaired) electrons. The van der Waals surface area contributed by atoms with Crippen molar-refractivity contribution in [3.05, 3.63) is 129 Å². The first-order valence-corrected chi connectivity index (χ1v) is 21.9. The van der Waals surface area contributed by atoms with Gasteiger partial charge < -0.3 is 28.4 Å². The molecular formula is C50H44F4N10O9. The number of fused-ring (bicyclic) bond motifs is 2. The Kier molecular flexibility index (Phi) is 16.9. The van der Waals surface area contributed by atoms with Crippen LogP contribution >= 0.6 is 0 Å². The van der Waals surface area contributed by atoms with Crippen LogP contribution in [0.25, 0.3) is 0 Å². The fraction of sp³-hybridized carbons (Fsp3) is 0.260. The maximum absolute atomic E-state index is 14.5. The molecule has 0 atom stereocenters. The molecule has 2 aliphatic rings. The van der Waals surface area contributed by atoms with Gasteiger partial charge in [0, 0.05) is 64.2 Å². The van der Waals surface area contributed by atoms with Gasteiger partial charge in [-0.2, -0.15) is 0 Å². The van der Waals surface area contributed by atoms with Gasteiger partial charge in [-0.05, 0) is 48.9 Å². The van der Waals surface area contributed by atoms with E-state index in [-0.39, 0.29) is 51.7 Å². The lowest BCUT2D eigenvalue weighted by Crippen LogP contribution is -2.40. The summed E-state index contributed by atoms with van der Waals surface area (Å²) in [6, 6.07) is 8.30. The Morgan fingerprint density at radius 3 is 1.37 bits per heavy atom. The predicted octanol–water partition coefficient (Wildman–Crippen LogP) is 7.21. The van der Waals surface area contributed by atoms with Crippen LogP contribution in [-0.4, -0.2) is 104 Å². The van der Waals surface area contributed by atoms with Crippen molar-refractivity contribution in [2.45, 2.75) is 32.0 Å². The molecule has 2 N–H and O–H groups in total. The van der Waals surface area contributed by atoms with Gasteiger partial charge in [0.25, 0.3) is 0 Å². The van der Waals surface area contributed by atoms with Crippen LogP contribution in [0.2, 0.25) is 0 Å². The topological polar surface area (TPSA) is 214 Å². The van der Waals surface area contributed by atoms with E-state index in [0.717, 1.165) is 48.9 Å². The van der Waals surface area contributed by atoms with Crippen molar-refractivity contribution in [1.82, 2.24) is 29.9 Å². The zero-order valence-corrected chi connectivity index (χ0v) is 39.9. The van der Waals surface area contributed by atoms with Crippen molar-refractivity contribution in [3.63, 3.8) is 0 Å². The van der Waals surface area contributed by atoms with Gasteiger partial charge in [0.05, 0.1) is 45.3 Å². The van der Waals surface area contributed by atoms with Gasteiger partial charge in [-0.3, -0.25) is 25.2 Å². The summed E-state index contributed by atoms with van der Waals surface area (Å²) < 4.78 is 88.1. The molecular weight excluding hydrogens is 961 g/mol. The number of amides is 4. The van der Waals surface area contributed by atoms with Crippen molar-refractivity contribution >= 4 is 41.9 Å². The number of halogens is 4. The molecule has 2 aromatic carbocycles. The van der Waals surface area contributed by atoms with E-state index >= 15 is 0 Å². The van der Waals surface area contributed by atoms with Gasteiger partial charge >= 0.3 is 12.1 Å². The molecule has 8 rings (SSSR count). The highest BCUT2D eigenvalue weighted by molar-refractivity contribution is 6.01. The van der Waals surface area contributed by atoms with Gasteiger partial charge in [-0.1, -0.05) is 35.8 Å². The van der Waals surface area contributed by atoms with E-state index in [1.165, 1.54) is 77.2 Å². The molecule has 2 aliphatic heterocycles. The van der Waals surface area contributed by atoms with Crippen LogP contribution in [0, 0.1) is 47.0 Å². The number of urea groups is 2. The zero-order chi connectivity index (χ0) is 52.2. The van der Waals surface area contributed by atoms with Crippen molar-refractivity contribution in [3.8, 4) is 46.7 Å². The number of carbonyl (C=O) groups is 3. The summed E-state index contributed by atoms with van der Waals surface area (Å²) in [4.78, 5) is 64.9. The van der Waals surface area contributed by atoms with Crippen molar-refractivity contribution in [2.75, 3.05) is 76.2 Å². The monoisotopic (exact) mass is 1000 g/mol. The number of carbonyl (C=O) groups excluding carboxylic acids is 3. The number of pyridine rings is 2. The lowest BCUT2D eigenvalue weighted by atomic mass is 10.1. The van der Waals surface area contributed by atoms with E-state index in [1.807, 2.05) is 6.07 Å². The highest BCUT2D eigenvalue weighted by atomic mass is 19.1. The number of methoxy groups -OCH3 is 6. The number of nitrogens with one attached hydrogen (secondary N) is 2. The summed E-state index contributed by atoms with van der Waals surface area (Å²) >= 11 is 0. The quantitative estimate of drug-likeness (QED) is 0.0601. The average Bonchev–Trinajstić information content (AvgIpc) is 3.41. The molecule has 376 valence electrons. The number of rotatable bonds is 10. The van der Waals surface area contributed by atoms with Crippen molar-refractivity contribution < 1.29 is 60.4 Å². The first-order valence-electron chi connectivity index (χ1n) is 21.9. The SMILES string of the molecule is COc1cc(OC)c(F)c(C#Cc2cnc(NC(=O)N3CCCc4ccc(C(OC)OC)nc43)nc2)c1F.COc1cc(OC)c(F)c(C#Cc2cnc(NC(=O)N3CCCc4ccc(C=O)nc43)nc2)c1F. The number of hydrogen-bond acceptors (Lipinski definition) is 15. The maximum Gasteiger partial charge on any atom is 0.329 e. The standard InChI is InChI=1S/C26H25F2N5O5.C24H19F2N5O4/c1-35-19-12-20(36-2)22(28)17(21(19)27)9-7-15-13-29-25(30-14-15)32-26(34)33-11-5-6-16-8-10-18(31-23(16)33)24(37-3)38-4;1-34-18-10-19(35-2)21(26)17(20(18)25)8-5-14-11-27-23(28-12-14)30-24(33)31-9-3-4-15-6-7-16(13-32)29-22(15)31/h8,10,12-14,24H,5-6,11H2,1-4H3,(H,29,30,32,34);6-7,10-13H,3-4,9H2,1-2H3,(H,27,28,30,33). The van der Waals surface area contributed by atoms with Crippen LogP contribution in [-0.2, 0) is 22.3 Å². The van der Waals surface area contributed by atoms with E-state index in [1.54, 1.807) is 18.2 Å². The first kappa shape index (κ1) is 51.9. The second kappa shape index (κ2) is 23.8. The number of aromatic nitrogens is 6. The van der Waals surface area contributed by atoms with Gasteiger partial charge in [0.2, 0.25) is 18.2 Å². The minimum absolute atomic E-state index is 0.000346. The van der Waals surface area contributed by atoms with Crippen LogP contribution < -0.4 is 39.4 Å². The van der Waals surface area contributed by atoms with E-state index in [4.69, 9.17) is 28.4 Å². The normalized spacial score (nSPS) is 12.3. The zero-order valence-electron chi connectivity index (χ0n) is 39.9. The number of aldehydes is 1. The number of aryl methyl sites for hydroxylation is 2. The molecule has 6 heterocycles. The fourth-order valence-corrected chi connectivity index (χ4v) is 7.34. The Labute approximate surface area is 415 Å². The van der Waals surface area contributed by atoms with Gasteiger partial charge in [0.15, 0.2) is 52.6 Å². The Morgan fingerprint density at radius 2 is 0.986 bits per heavy atom. The summed E-state index contributed by atoms with van der Waals surface area (Å²) in [5.41, 5.74) is 2.02. The van der Waals surface area contributed by atoms with Gasteiger partial charge in [-0.25, -0.2) is 57.1 Å². The molecule has 4 amide bonds. The Hall–Kier alpha value is -8.93. The van der Waals surface area contributed by atoms with E-state index in [2.05, 4.69) is 64.2 Å². The number of ether oxygens (including phenoxy) is 6. The molecule has 0 fully saturated rings. The molecule has 0 spiro atoms. The van der Waals surface area contributed by atoms with Gasteiger partial charge in [-0.15, -0.1) is 0 Å². The third kappa shape index (κ3) is 11.8. The summed E-state index contributed by atoms with van der Waals surface area (Å²) in [5, 5.41) is 5.21. The summed E-state index contributed by atoms with van der Waals surface area (Å²) in [7, 11) is 8.00. The second-order valence-electron chi connectivity index (χ2n) is 15.4. The summed E-state index contributed by atoms with van der Waals surface area (Å²) in [5.74, 6) is 6.30.